The van der Waals surface area contributed by atoms with Crippen LogP contribution in [0.1, 0.15) is 34.6 Å². The van der Waals surface area contributed by atoms with E-state index in [-0.39, 0.29) is 11.5 Å². The smallest absolute Gasteiger partial charge is 0.338 e. The molecule has 1 aromatic carbocycles. The highest BCUT2D eigenvalue weighted by Crippen LogP contribution is 2.07. The summed E-state index contributed by atoms with van der Waals surface area (Å²) in [4.78, 5) is 22.0. The van der Waals surface area contributed by atoms with E-state index in [2.05, 4.69) is 0 Å². The molecule has 0 spiro atoms. The second-order valence-electron chi connectivity index (χ2n) is 3.87. The zero-order chi connectivity index (χ0) is 12.1. The molecule has 16 heavy (non-hydrogen) atoms. The number of carbonyl (C=O) groups excluding carboxylic acids is 1. The number of rotatable bonds is 4. The molecule has 0 saturated heterocycles. The molecule has 0 saturated carbocycles. The molecule has 0 aromatic heterocycles. The number of ether oxygens (including phenoxy) is 1. The number of benzene rings is 1. The number of carbonyl (C=O) groups is 2. The number of aromatic carboxylic acids is 1. The van der Waals surface area contributed by atoms with Gasteiger partial charge in [0.2, 0.25) is 0 Å². The molecule has 1 aromatic rings. The van der Waals surface area contributed by atoms with Crippen molar-refractivity contribution in [2.45, 2.75) is 13.8 Å². The molecule has 0 heterocycles. The Hall–Kier alpha value is -1.84. The molecule has 0 unspecified atom stereocenters. The Kier molecular flexibility index (Phi) is 4.05. The van der Waals surface area contributed by atoms with Gasteiger partial charge in [-0.2, -0.15) is 0 Å². The Labute approximate surface area is 93.9 Å². The van der Waals surface area contributed by atoms with E-state index < -0.39 is 11.9 Å². The number of hydrogen-bond donors (Lipinski definition) is 1. The summed E-state index contributed by atoms with van der Waals surface area (Å²) in [6, 6.07) is 5.67. The summed E-state index contributed by atoms with van der Waals surface area (Å²) >= 11 is 0. The fourth-order valence-electron chi connectivity index (χ4n) is 1.07. The average Bonchev–Trinajstić information content (AvgIpc) is 2.26. The summed E-state index contributed by atoms with van der Waals surface area (Å²) in [5, 5.41) is 8.67. The van der Waals surface area contributed by atoms with Crippen LogP contribution < -0.4 is 0 Å². The van der Waals surface area contributed by atoms with Crippen LogP contribution in [0, 0.1) is 5.92 Å². The van der Waals surface area contributed by atoms with Gasteiger partial charge in [-0.25, -0.2) is 9.59 Å². The molecule has 0 atom stereocenters. The van der Waals surface area contributed by atoms with Gasteiger partial charge in [-0.1, -0.05) is 13.8 Å². The van der Waals surface area contributed by atoms with Gasteiger partial charge in [-0.3, -0.25) is 0 Å². The Morgan fingerprint density at radius 3 is 2.12 bits per heavy atom. The first-order chi connectivity index (χ1) is 7.50. The van der Waals surface area contributed by atoms with Gasteiger partial charge in [0.05, 0.1) is 17.7 Å². The fraction of sp³-hybridized carbons (Fsp3) is 0.333. The van der Waals surface area contributed by atoms with Gasteiger partial charge >= 0.3 is 11.9 Å². The molecule has 86 valence electrons. The van der Waals surface area contributed by atoms with Gasteiger partial charge in [-0.15, -0.1) is 0 Å². The van der Waals surface area contributed by atoms with Crippen LogP contribution in [0.15, 0.2) is 24.3 Å². The number of hydrogen-bond acceptors (Lipinski definition) is 3. The van der Waals surface area contributed by atoms with Crippen LogP contribution in [-0.4, -0.2) is 23.7 Å². The van der Waals surface area contributed by atoms with Gasteiger partial charge in [0.15, 0.2) is 0 Å². The lowest BCUT2D eigenvalue weighted by atomic mass is 10.1. The van der Waals surface area contributed by atoms with Crippen molar-refractivity contribution >= 4 is 11.9 Å². The summed E-state index contributed by atoms with van der Waals surface area (Å²) in [5.74, 6) is -1.16. The van der Waals surface area contributed by atoms with Crippen LogP contribution in [0.3, 0.4) is 0 Å². The lowest BCUT2D eigenvalue weighted by Gasteiger charge is -2.06. The highest BCUT2D eigenvalue weighted by molar-refractivity contribution is 5.92. The highest BCUT2D eigenvalue weighted by atomic mass is 16.5. The van der Waals surface area contributed by atoms with Crippen molar-refractivity contribution in [3.63, 3.8) is 0 Å². The third-order valence-electron chi connectivity index (χ3n) is 1.92. The molecule has 4 heteroatoms. The first-order valence-electron chi connectivity index (χ1n) is 5.01. The van der Waals surface area contributed by atoms with E-state index >= 15 is 0 Å². The summed E-state index contributed by atoms with van der Waals surface area (Å²) in [6.45, 7) is 4.25. The second kappa shape index (κ2) is 5.30. The van der Waals surface area contributed by atoms with E-state index in [9.17, 15) is 9.59 Å². The average molecular weight is 222 g/mol. The van der Waals surface area contributed by atoms with Crippen molar-refractivity contribution < 1.29 is 19.4 Å². The van der Waals surface area contributed by atoms with E-state index in [1.807, 2.05) is 13.8 Å². The maximum absolute atomic E-state index is 11.5. The topological polar surface area (TPSA) is 63.6 Å². The van der Waals surface area contributed by atoms with E-state index in [0.29, 0.717) is 12.2 Å². The zero-order valence-corrected chi connectivity index (χ0v) is 9.27. The third-order valence-corrected chi connectivity index (χ3v) is 1.92. The molecule has 0 bridgehead atoms. The van der Waals surface area contributed by atoms with E-state index in [0.717, 1.165) is 0 Å². The number of carboxylic acids is 1. The van der Waals surface area contributed by atoms with E-state index in [4.69, 9.17) is 9.84 Å². The Bertz CT molecular complexity index is 379. The van der Waals surface area contributed by atoms with Gasteiger partial charge in [-0.05, 0) is 30.2 Å². The fourth-order valence-corrected chi connectivity index (χ4v) is 1.07. The maximum Gasteiger partial charge on any atom is 0.338 e. The normalized spacial score (nSPS) is 10.2. The Morgan fingerprint density at radius 1 is 1.19 bits per heavy atom. The van der Waals surface area contributed by atoms with Crippen LogP contribution >= 0.6 is 0 Å². The molecule has 4 nitrogen and oxygen atoms in total. The van der Waals surface area contributed by atoms with E-state index in [1.165, 1.54) is 24.3 Å². The summed E-state index contributed by atoms with van der Waals surface area (Å²) in [7, 11) is 0. The highest BCUT2D eigenvalue weighted by Gasteiger charge is 2.09. The minimum atomic E-state index is -1.01. The quantitative estimate of drug-likeness (QED) is 0.793. The molecule has 1 N–H and O–H groups in total. The largest absolute Gasteiger partial charge is 0.478 e. The summed E-state index contributed by atoms with van der Waals surface area (Å²) in [6.07, 6.45) is 0. The lowest BCUT2D eigenvalue weighted by Crippen LogP contribution is -2.10. The molecule has 1 rings (SSSR count). The SMILES string of the molecule is CC(C)COC(=O)c1ccc(C(=O)O)cc1. The predicted molar refractivity (Wildman–Crippen MR) is 58.5 cm³/mol. The Morgan fingerprint density at radius 2 is 1.69 bits per heavy atom. The van der Waals surface area contributed by atoms with Gasteiger partial charge < -0.3 is 9.84 Å². The van der Waals surface area contributed by atoms with Crippen molar-refractivity contribution in [1.82, 2.24) is 0 Å². The molecular weight excluding hydrogens is 208 g/mol. The first kappa shape index (κ1) is 12.2. The van der Waals surface area contributed by atoms with E-state index in [1.54, 1.807) is 0 Å². The van der Waals surface area contributed by atoms with Crippen molar-refractivity contribution in [2.75, 3.05) is 6.61 Å². The molecule has 0 aliphatic carbocycles. The first-order valence-corrected chi connectivity index (χ1v) is 5.01. The number of carboxylic acid groups (broad SMARTS) is 1. The van der Waals surface area contributed by atoms with Gasteiger partial charge in [0, 0.05) is 0 Å². The minimum Gasteiger partial charge on any atom is -0.478 e. The van der Waals surface area contributed by atoms with Crippen LogP contribution in [0.2, 0.25) is 0 Å². The third kappa shape index (κ3) is 3.38. The van der Waals surface area contributed by atoms with Gasteiger partial charge in [0.25, 0.3) is 0 Å². The molecular formula is C12H14O4. The van der Waals surface area contributed by atoms with Gasteiger partial charge in [0.1, 0.15) is 0 Å². The van der Waals surface area contributed by atoms with Crippen LogP contribution in [0.25, 0.3) is 0 Å². The van der Waals surface area contributed by atoms with Crippen LogP contribution in [0.4, 0.5) is 0 Å². The molecule has 0 radical (unpaired) electrons. The zero-order valence-electron chi connectivity index (χ0n) is 9.27. The monoisotopic (exact) mass is 222 g/mol. The van der Waals surface area contributed by atoms with Crippen molar-refractivity contribution in [3.05, 3.63) is 35.4 Å². The Balaban J connectivity index is 2.67. The number of esters is 1. The summed E-state index contributed by atoms with van der Waals surface area (Å²) < 4.78 is 5.00. The standard InChI is InChI=1S/C12H14O4/c1-8(2)7-16-12(15)10-5-3-9(4-6-10)11(13)14/h3-6,8H,7H2,1-2H3,(H,13,14). The summed E-state index contributed by atoms with van der Waals surface area (Å²) in [5.41, 5.74) is 0.519. The molecule has 0 aliphatic rings. The molecule has 0 fully saturated rings. The van der Waals surface area contributed by atoms with Crippen LogP contribution in [-0.2, 0) is 4.74 Å². The van der Waals surface area contributed by atoms with Crippen LogP contribution in [0.5, 0.6) is 0 Å². The minimum absolute atomic E-state index is 0.153. The van der Waals surface area contributed by atoms with Crippen molar-refractivity contribution in [3.8, 4) is 0 Å². The van der Waals surface area contributed by atoms with Crippen molar-refractivity contribution in [2.24, 2.45) is 5.92 Å². The predicted octanol–water partition coefficient (Wildman–Crippen LogP) is 2.20. The lowest BCUT2D eigenvalue weighted by molar-refractivity contribution is 0.0458. The molecule has 0 aliphatic heterocycles. The maximum atomic E-state index is 11.5. The molecule has 0 amide bonds. The van der Waals surface area contributed by atoms with Crippen molar-refractivity contribution in [1.29, 1.82) is 0 Å². The second-order valence-corrected chi connectivity index (χ2v) is 3.87.